The number of para-hydroxylation sites is 1. The van der Waals surface area contributed by atoms with Gasteiger partial charge in [0.05, 0.1) is 13.5 Å². The molecule has 0 spiro atoms. The minimum atomic E-state index is -1.33. The molecule has 0 radical (unpaired) electrons. The van der Waals surface area contributed by atoms with Crippen LogP contribution in [0.1, 0.15) is 29.5 Å². The highest BCUT2D eigenvalue weighted by Crippen LogP contribution is 2.35. The van der Waals surface area contributed by atoms with Gasteiger partial charge in [-0.25, -0.2) is 4.79 Å². The van der Waals surface area contributed by atoms with Crippen molar-refractivity contribution in [2.24, 2.45) is 0 Å². The first-order valence-corrected chi connectivity index (χ1v) is 10.3. The van der Waals surface area contributed by atoms with Crippen molar-refractivity contribution in [1.29, 1.82) is 0 Å². The lowest BCUT2D eigenvalue weighted by Gasteiger charge is -2.45. The molecule has 3 rings (SSSR count). The number of hydrogen-bond donors (Lipinski definition) is 1. The van der Waals surface area contributed by atoms with Gasteiger partial charge in [-0.2, -0.15) is 5.06 Å². The molecule has 1 saturated heterocycles. The van der Waals surface area contributed by atoms with Gasteiger partial charge in [0.15, 0.2) is 0 Å². The molecule has 0 unspecified atom stereocenters. The lowest BCUT2D eigenvalue weighted by Crippen LogP contribution is -2.62. The number of carbonyl (C=O) groups excluding carboxylic acids is 1. The van der Waals surface area contributed by atoms with E-state index in [2.05, 4.69) is 0 Å². The van der Waals surface area contributed by atoms with E-state index in [1.54, 1.807) is 24.3 Å². The second kappa shape index (κ2) is 9.16. The highest BCUT2D eigenvalue weighted by Gasteiger charge is 2.49. The van der Waals surface area contributed by atoms with E-state index in [4.69, 9.17) is 16.4 Å². The van der Waals surface area contributed by atoms with E-state index >= 15 is 0 Å². The summed E-state index contributed by atoms with van der Waals surface area (Å²) in [5.41, 5.74) is 1.96. The van der Waals surface area contributed by atoms with Gasteiger partial charge in [-0.05, 0) is 67.6 Å². The second-order valence-electron chi connectivity index (χ2n) is 7.71. The van der Waals surface area contributed by atoms with Gasteiger partial charge < -0.3 is 9.94 Å². The Bertz CT molecular complexity index is 901. The second-order valence-corrected chi connectivity index (χ2v) is 8.14. The van der Waals surface area contributed by atoms with Crippen molar-refractivity contribution in [3.8, 4) is 0 Å². The molecule has 6 nitrogen and oxygen atoms in total. The molecule has 160 valence electrons. The van der Waals surface area contributed by atoms with E-state index in [1.165, 1.54) is 4.90 Å². The lowest BCUT2D eigenvalue weighted by molar-refractivity contribution is -0.166. The van der Waals surface area contributed by atoms with Crippen LogP contribution in [-0.4, -0.2) is 47.8 Å². The van der Waals surface area contributed by atoms with Crippen LogP contribution in [0.2, 0.25) is 5.02 Å². The van der Waals surface area contributed by atoms with Crippen molar-refractivity contribution < 1.29 is 19.5 Å². The topological polar surface area (TPSA) is 70.1 Å². The van der Waals surface area contributed by atoms with Gasteiger partial charge in [0.25, 0.3) is 0 Å². The Kier molecular flexibility index (Phi) is 6.81. The molecule has 30 heavy (non-hydrogen) atoms. The summed E-state index contributed by atoms with van der Waals surface area (Å²) >= 11 is 6.14. The maximum atomic E-state index is 13.6. The number of piperidine rings is 1. The third-order valence-corrected chi connectivity index (χ3v) is 6.10. The van der Waals surface area contributed by atoms with Crippen molar-refractivity contribution in [2.45, 2.75) is 38.6 Å². The van der Waals surface area contributed by atoms with Crippen LogP contribution in [-0.2, 0) is 20.8 Å². The van der Waals surface area contributed by atoms with Crippen LogP contribution >= 0.6 is 11.6 Å². The molecule has 2 aromatic carbocycles. The van der Waals surface area contributed by atoms with Gasteiger partial charge in [-0.15, -0.1) is 0 Å². The SMILES string of the molecule is CON1CCC(C(=O)O)(N(C(=O)Cc2c(C)cc(Cl)cc2C)c2ccccc2)CC1. The molecule has 1 amide bonds. The summed E-state index contributed by atoms with van der Waals surface area (Å²) in [6.07, 6.45) is 0.650. The molecule has 0 aliphatic carbocycles. The summed E-state index contributed by atoms with van der Waals surface area (Å²) in [4.78, 5) is 33.0. The molecule has 1 fully saturated rings. The van der Waals surface area contributed by atoms with Gasteiger partial charge in [-0.1, -0.05) is 29.8 Å². The zero-order chi connectivity index (χ0) is 21.9. The number of rotatable bonds is 6. The highest BCUT2D eigenvalue weighted by molar-refractivity contribution is 6.30. The number of carbonyl (C=O) groups is 2. The lowest BCUT2D eigenvalue weighted by atomic mass is 9.84. The fourth-order valence-corrected chi connectivity index (χ4v) is 4.56. The summed E-state index contributed by atoms with van der Waals surface area (Å²) in [7, 11) is 1.57. The number of benzene rings is 2. The number of nitrogens with zero attached hydrogens (tertiary/aromatic N) is 2. The van der Waals surface area contributed by atoms with Crippen LogP contribution in [0.3, 0.4) is 0 Å². The molecule has 2 aromatic rings. The summed E-state index contributed by atoms with van der Waals surface area (Å²) in [6, 6.07) is 12.7. The average molecular weight is 431 g/mol. The van der Waals surface area contributed by atoms with Crippen LogP contribution in [0.4, 0.5) is 5.69 Å². The number of carboxylic acids is 1. The van der Waals surface area contributed by atoms with Gasteiger partial charge in [0.1, 0.15) is 5.54 Å². The zero-order valence-corrected chi connectivity index (χ0v) is 18.3. The standard InChI is InChI=1S/C23H27ClN2O4/c1-16-13-18(24)14-17(2)20(16)15-21(27)26(19-7-5-4-6-8-19)23(22(28)29)9-11-25(30-3)12-10-23/h4-8,13-14H,9-12,15H2,1-3H3,(H,28,29). The maximum Gasteiger partial charge on any atom is 0.330 e. The Labute approximate surface area is 182 Å². The first kappa shape index (κ1) is 22.3. The smallest absolute Gasteiger partial charge is 0.330 e. The van der Waals surface area contributed by atoms with Crippen molar-refractivity contribution in [3.05, 3.63) is 64.2 Å². The highest BCUT2D eigenvalue weighted by atomic mass is 35.5. The minimum Gasteiger partial charge on any atom is -0.479 e. The number of amides is 1. The number of hydrogen-bond acceptors (Lipinski definition) is 4. The first-order chi connectivity index (χ1) is 14.3. The summed E-state index contributed by atoms with van der Waals surface area (Å²) in [5.74, 6) is -1.25. The molecule has 7 heteroatoms. The monoisotopic (exact) mass is 430 g/mol. The van der Waals surface area contributed by atoms with Crippen molar-refractivity contribution in [1.82, 2.24) is 5.06 Å². The van der Waals surface area contributed by atoms with Gasteiger partial charge >= 0.3 is 5.97 Å². The number of hydroxylamine groups is 2. The molecule has 1 heterocycles. The quantitative estimate of drug-likeness (QED) is 0.749. The summed E-state index contributed by atoms with van der Waals surface area (Å²) in [5, 5.41) is 12.6. The van der Waals surface area contributed by atoms with E-state index in [9.17, 15) is 14.7 Å². The van der Waals surface area contributed by atoms with Crippen molar-refractivity contribution in [2.75, 3.05) is 25.1 Å². The van der Waals surface area contributed by atoms with E-state index in [0.29, 0.717) is 23.8 Å². The third kappa shape index (κ3) is 4.36. The van der Waals surface area contributed by atoms with Crippen molar-refractivity contribution in [3.63, 3.8) is 0 Å². The maximum absolute atomic E-state index is 13.6. The fraction of sp³-hybridized carbons (Fsp3) is 0.391. The Hall–Kier alpha value is -2.41. The normalized spacial score (nSPS) is 16.3. The predicted molar refractivity (Wildman–Crippen MR) is 117 cm³/mol. The molecule has 0 saturated carbocycles. The largest absolute Gasteiger partial charge is 0.479 e. The average Bonchev–Trinajstić information content (AvgIpc) is 2.72. The van der Waals surface area contributed by atoms with E-state index in [1.807, 2.05) is 44.2 Å². The molecular formula is C23H27ClN2O4. The number of carboxylic acid groups (broad SMARTS) is 1. The molecule has 0 atom stereocenters. The van der Waals surface area contributed by atoms with Crippen LogP contribution in [0.5, 0.6) is 0 Å². The van der Waals surface area contributed by atoms with E-state index in [0.717, 1.165) is 16.7 Å². The van der Waals surface area contributed by atoms with Crippen LogP contribution in [0.25, 0.3) is 0 Å². The Morgan fingerprint density at radius 3 is 2.20 bits per heavy atom. The number of halogens is 1. The van der Waals surface area contributed by atoms with Gasteiger partial charge in [0, 0.05) is 23.8 Å². The van der Waals surface area contributed by atoms with E-state index < -0.39 is 11.5 Å². The summed E-state index contributed by atoms with van der Waals surface area (Å²) < 4.78 is 0. The summed E-state index contributed by atoms with van der Waals surface area (Å²) in [6.45, 7) is 4.69. The molecule has 0 aromatic heterocycles. The molecule has 1 aliphatic heterocycles. The minimum absolute atomic E-state index is 0.104. The van der Waals surface area contributed by atoms with Gasteiger partial charge in [0.2, 0.25) is 5.91 Å². The molecule has 1 N–H and O–H groups in total. The van der Waals surface area contributed by atoms with E-state index in [-0.39, 0.29) is 25.2 Å². The molecule has 0 bridgehead atoms. The zero-order valence-electron chi connectivity index (χ0n) is 17.5. The number of anilines is 1. The first-order valence-electron chi connectivity index (χ1n) is 9.94. The third-order valence-electron chi connectivity index (χ3n) is 5.89. The van der Waals surface area contributed by atoms with Gasteiger partial charge in [-0.3, -0.25) is 9.69 Å². The van der Waals surface area contributed by atoms with Crippen LogP contribution in [0.15, 0.2) is 42.5 Å². The Morgan fingerprint density at radius 1 is 1.13 bits per heavy atom. The van der Waals surface area contributed by atoms with Crippen LogP contribution < -0.4 is 4.90 Å². The Balaban J connectivity index is 2.03. The fourth-order valence-electron chi connectivity index (χ4n) is 4.23. The molecule has 1 aliphatic rings. The van der Waals surface area contributed by atoms with Crippen LogP contribution in [0, 0.1) is 13.8 Å². The predicted octanol–water partition coefficient (Wildman–Crippen LogP) is 4.01. The number of aliphatic carboxylic acids is 1. The molecular weight excluding hydrogens is 404 g/mol. The number of aryl methyl sites for hydroxylation is 2. The van der Waals surface area contributed by atoms with Crippen molar-refractivity contribution >= 4 is 29.2 Å². The Morgan fingerprint density at radius 2 is 1.70 bits per heavy atom.